The molecule has 8 heteroatoms. The molecule has 3 unspecified atom stereocenters. The van der Waals surface area contributed by atoms with Crippen LogP contribution in [0.2, 0.25) is 0 Å². The summed E-state index contributed by atoms with van der Waals surface area (Å²) < 4.78 is 10.8. The minimum Gasteiger partial charge on any atom is -0.480 e. The molecule has 2 N–H and O–H groups in total. The van der Waals surface area contributed by atoms with Crippen LogP contribution in [-0.2, 0) is 19.1 Å². The second kappa shape index (κ2) is 8.86. The molecule has 0 spiro atoms. The molecule has 3 atom stereocenters. The molecule has 2 aromatic rings. The van der Waals surface area contributed by atoms with Gasteiger partial charge in [-0.15, -0.1) is 0 Å². The van der Waals surface area contributed by atoms with Gasteiger partial charge < -0.3 is 24.8 Å². The van der Waals surface area contributed by atoms with Gasteiger partial charge in [-0.1, -0.05) is 48.5 Å². The molecule has 174 valence electrons. The van der Waals surface area contributed by atoms with Crippen LogP contribution in [0.5, 0.6) is 0 Å². The first-order valence-corrected chi connectivity index (χ1v) is 11.0. The average molecular weight is 453 g/mol. The maximum atomic E-state index is 13.0. The van der Waals surface area contributed by atoms with Crippen LogP contribution in [0.4, 0.5) is 4.79 Å². The summed E-state index contributed by atoms with van der Waals surface area (Å²) in [4.78, 5) is 38.6. The highest BCUT2D eigenvalue weighted by atomic mass is 16.5. The number of carbonyl (C=O) groups is 3. The topological polar surface area (TPSA) is 105 Å². The van der Waals surface area contributed by atoms with Crippen LogP contribution in [0.25, 0.3) is 11.1 Å². The lowest BCUT2D eigenvalue weighted by molar-refractivity contribution is -0.155. The van der Waals surface area contributed by atoms with Gasteiger partial charge in [0.1, 0.15) is 18.2 Å². The van der Waals surface area contributed by atoms with Gasteiger partial charge in [0, 0.05) is 26.0 Å². The summed E-state index contributed by atoms with van der Waals surface area (Å²) in [6.45, 7) is 3.29. The second-order valence-corrected chi connectivity index (χ2v) is 8.78. The van der Waals surface area contributed by atoms with Crippen molar-refractivity contribution < 1.29 is 29.0 Å². The quantitative estimate of drug-likeness (QED) is 0.698. The molecule has 2 aromatic carbocycles. The van der Waals surface area contributed by atoms with E-state index in [4.69, 9.17) is 9.47 Å². The van der Waals surface area contributed by atoms with Gasteiger partial charge in [0.15, 0.2) is 0 Å². The summed E-state index contributed by atoms with van der Waals surface area (Å²) in [6, 6.07) is 15.1. The summed E-state index contributed by atoms with van der Waals surface area (Å²) in [5.74, 6) is -1.69. The second-order valence-electron chi connectivity index (χ2n) is 8.78. The van der Waals surface area contributed by atoms with Crippen LogP contribution >= 0.6 is 0 Å². The van der Waals surface area contributed by atoms with Gasteiger partial charge in [-0.25, -0.2) is 9.59 Å². The van der Waals surface area contributed by atoms with Crippen LogP contribution in [0, 0.1) is 0 Å². The van der Waals surface area contributed by atoms with E-state index < -0.39 is 29.6 Å². The van der Waals surface area contributed by atoms with Crippen molar-refractivity contribution in [3.8, 4) is 11.1 Å². The number of benzene rings is 2. The van der Waals surface area contributed by atoms with E-state index in [0.717, 1.165) is 22.3 Å². The Labute approximate surface area is 192 Å². The number of hydrogen-bond donors (Lipinski definition) is 2. The molecule has 0 bridgehead atoms. The first-order valence-electron chi connectivity index (χ1n) is 11.0. The average Bonchev–Trinajstić information content (AvgIpc) is 3.33. The van der Waals surface area contributed by atoms with Crippen molar-refractivity contribution in [3.05, 3.63) is 59.7 Å². The lowest BCUT2D eigenvalue weighted by Gasteiger charge is -2.32. The van der Waals surface area contributed by atoms with Gasteiger partial charge in [-0.3, -0.25) is 4.79 Å². The van der Waals surface area contributed by atoms with Crippen molar-refractivity contribution in [2.45, 2.75) is 43.9 Å². The number of fused-ring (bicyclic) bond motifs is 3. The molecule has 0 radical (unpaired) electrons. The van der Waals surface area contributed by atoms with Gasteiger partial charge in [-0.2, -0.15) is 0 Å². The molecular weight excluding hydrogens is 424 g/mol. The van der Waals surface area contributed by atoms with Crippen molar-refractivity contribution in [2.24, 2.45) is 0 Å². The van der Waals surface area contributed by atoms with Crippen molar-refractivity contribution in [1.82, 2.24) is 10.2 Å². The van der Waals surface area contributed by atoms with Crippen LogP contribution in [0.1, 0.15) is 37.3 Å². The Morgan fingerprint density at radius 2 is 1.70 bits per heavy atom. The predicted molar refractivity (Wildman–Crippen MR) is 121 cm³/mol. The molecular formula is C25H28N2O6. The number of amides is 2. The Hall–Kier alpha value is -3.39. The van der Waals surface area contributed by atoms with Gasteiger partial charge in [0.25, 0.3) is 0 Å². The van der Waals surface area contributed by atoms with Gasteiger partial charge >= 0.3 is 12.1 Å². The van der Waals surface area contributed by atoms with Gasteiger partial charge in [0.2, 0.25) is 5.91 Å². The van der Waals surface area contributed by atoms with E-state index in [2.05, 4.69) is 17.4 Å². The standard InChI is InChI=1S/C25H28N2O6/c1-15(22(28)27-13-16(32-3)12-25(27,2)23(29)30)26-24(31)33-14-21-19-10-6-4-8-17(19)18-9-5-7-11-20(18)21/h4-11,15-16,21H,12-14H2,1-3H3,(H,26,31)(H,29,30). The van der Waals surface area contributed by atoms with E-state index in [1.807, 2.05) is 36.4 Å². The normalized spacial score (nSPS) is 22.4. The minimum absolute atomic E-state index is 0.0921. The number of nitrogens with zero attached hydrogens (tertiary/aromatic N) is 1. The fraction of sp³-hybridized carbons (Fsp3) is 0.400. The SMILES string of the molecule is COC1CN(C(=O)C(C)NC(=O)OCC2c3ccccc3-c3ccccc32)C(C)(C(=O)O)C1. The number of likely N-dealkylation sites (tertiary alicyclic amines) is 1. The summed E-state index contributed by atoms with van der Waals surface area (Å²) >= 11 is 0. The number of carbonyl (C=O) groups excluding carboxylic acids is 2. The molecule has 8 nitrogen and oxygen atoms in total. The fourth-order valence-corrected chi connectivity index (χ4v) is 4.83. The predicted octanol–water partition coefficient (Wildman–Crippen LogP) is 3.00. The first kappa shape index (κ1) is 22.8. The summed E-state index contributed by atoms with van der Waals surface area (Å²) in [5.41, 5.74) is 3.04. The fourth-order valence-electron chi connectivity index (χ4n) is 4.83. The molecule has 4 rings (SSSR count). The first-order chi connectivity index (χ1) is 15.8. The molecule has 2 aliphatic rings. The van der Waals surface area contributed by atoms with E-state index in [0.29, 0.717) is 0 Å². The van der Waals surface area contributed by atoms with Crippen LogP contribution in [0.3, 0.4) is 0 Å². The molecule has 0 saturated carbocycles. The molecule has 1 aliphatic heterocycles. The summed E-state index contributed by atoms with van der Waals surface area (Å²) in [6.07, 6.45) is -0.920. The Kier molecular flexibility index (Phi) is 6.12. The van der Waals surface area contributed by atoms with E-state index >= 15 is 0 Å². The van der Waals surface area contributed by atoms with Gasteiger partial charge in [0.05, 0.1) is 6.10 Å². The van der Waals surface area contributed by atoms with Gasteiger partial charge in [-0.05, 0) is 36.1 Å². The van der Waals surface area contributed by atoms with Crippen molar-refractivity contribution >= 4 is 18.0 Å². The highest BCUT2D eigenvalue weighted by molar-refractivity contribution is 5.91. The number of alkyl carbamates (subject to hydrolysis) is 1. The lowest BCUT2D eigenvalue weighted by atomic mass is 9.98. The lowest BCUT2D eigenvalue weighted by Crippen LogP contribution is -2.56. The maximum absolute atomic E-state index is 13.0. The van der Waals surface area contributed by atoms with E-state index in [-0.39, 0.29) is 31.6 Å². The zero-order valence-electron chi connectivity index (χ0n) is 18.9. The zero-order chi connectivity index (χ0) is 23.8. The molecule has 1 heterocycles. The number of methoxy groups -OCH3 is 1. The number of carboxylic acid groups (broad SMARTS) is 1. The Morgan fingerprint density at radius 3 is 2.24 bits per heavy atom. The third-order valence-corrected chi connectivity index (χ3v) is 6.72. The number of carboxylic acids is 1. The number of nitrogens with one attached hydrogen (secondary N) is 1. The van der Waals surface area contributed by atoms with E-state index in [9.17, 15) is 19.5 Å². The van der Waals surface area contributed by atoms with E-state index in [1.165, 1.54) is 25.9 Å². The van der Waals surface area contributed by atoms with Crippen LogP contribution in [0.15, 0.2) is 48.5 Å². The Bertz CT molecular complexity index is 1040. The maximum Gasteiger partial charge on any atom is 0.407 e. The number of hydrogen-bond acceptors (Lipinski definition) is 5. The summed E-state index contributed by atoms with van der Waals surface area (Å²) in [5, 5.41) is 12.2. The monoisotopic (exact) mass is 452 g/mol. The molecule has 1 fully saturated rings. The number of ether oxygens (including phenoxy) is 2. The highest BCUT2D eigenvalue weighted by Gasteiger charge is 2.51. The van der Waals surface area contributed by atoms with Crippen LogP contribution < -0.4 is 5.32 Å². The third kappa shape index (κ3) is 4.06. The largest absolute Gasteiger partial charge is 0.480 e. The van der Waals surface area contributed by atoms with Crippen LogP contribution in [-0.4, -0.2) is 65.9 Å². The number of aliphatic carboxylic acids is 1. The molecule has 1 aliphatic carbocycles. The smallest absolute Gasteiger partial charge is 0.407 e. The van der Waals surface area contributed by atoms with Crippen molar-refractivity contribution in [3.63, 3.8) is 0 Å². The van der Waals surface area contributed by atoms with Crippen molar-refractivity contribution in [2.75, 3.05) is 20.3 Å². The number of rotatable bonds is 6. The Morgan fingerprint density at radius 1 is 1.12 bits per heavy atom. The minimum atomic E-state index is -1.39. The molecule has 0 aromatic heterocycles. The molecule has 33 heavy (non-hydrogen) atoms. The summed E-state index contributed by atoms with van der Waals surface area (Å²) in [7, 11) is 1.49. The molecule has 2 amide bonds. The highest BCUT2D eigenvalue weighted by Crippen LogP contribution is 2.44. The zero-order valence-corrected chi connectivity index (χ0v) is 18.9. The van der Waals surface area contributed by atoms with E-state index in [1.54, 1.807) is 0 Å². The van der Waals surface area contributed by atoms with Crippen molar-refractivity contribution in [1.29, 1.82) is 0 Å². The molecule has 1 saturated heterocycles. The third-order valence-electron chi connectivity index (χ3n) is 6.72. The Balaban J connectivity index is 1.40.